The molecule has 1 atom stereocenters. The molecule has 1 aromatic carbocycles. The lowest BCUT2D eigenvalue weighted by molar-refractivity contribution is -0.135. The van der Waals surface area contributed by atoms with Crippen LogP contribution in [0.4, 0.5) is 0 Å². The first kappa shape index (κ1) is 17.5. The zero-order chi connectivity index (χ0) is 19.1. The summed E-state index contributed by atoms with van der Waals surface area (Å²) >= 11 is 0. The van der Waals surface area contributed by atoms with E-state index in [1.807, 2.05) is 36.7 Å². The van der Waals surface area contributed by atoms with E-state index in [0.29, 0.717) is 44.6 Å². The second-order valence-electron chi connectivity index (χ2n) is 7.20. The molecule has 4 rings (SSSR count). The highest BCUT2D eigenvalue weighted by Gasteiger charge is 2.33. The summed E-state index contributed by atoms with van der Waals surface area (Å²) in [6.07, 6.45) is 0.963. The smallest absolute Gasteiger partial charge is 0.254 e. The molecule has 0 saturated carbocycles. The third-order valence-corrected chi connectivity index (χ3v) is 5.52. The molecular formula is C19H23N5O3. The summed E-state index contributed by atoms with van der Waals surface area (Å²) in [6, 6.07) is 5.17. The molecule has 1 aromatic heterocycles. The predicted octanol–water partition coefficient (Wildman–Crippen LogP) is 0.445. The van der Waals surface area contributed by atoms with Crippen molar-refractivity contribution in [3.8, 4) is 0 Å². The largest absolute Gasteiger partial charge is 0.344 e. The zero-order valence-corrected chi connectivity index (χ0v) is 15.6. The number of nitrogens with zero attached hydrogens (tertiary/aromatic N) is 4. The van der Waals surface area contributed by atoms with Crippen LogP contribution in [0.3, 0.4) is 0 Å². The summed E-state index contributed by atoms with van der Waals surface area (Å²) in [5.74, 6) is 0.753. The van der Waals surface area contributed by atoms with Gasteiger partial charge in [-0.3, -0.25) is 14.4 Å². The predicted molar refractivity (Wildman–Crippen MR) is 99.1 cm³/mol. The van der Waals surface area contributed by atoms with Crippen LogP contribution in [0.15, 0.2) is 18.2 Å². The summed E-state index contributed by atoms with van der Waals surface area (Å²) in [4.78, 5) is 44.6. The average molecular weight is 369 g/mol. The Morgan fingerprint density at radius 1 is 1.15 bits per heavy atom. The molecule has 2 aliphatic rings. The zero-order valence-electron chi connectivity index (χ0n) is 15.6. The second-order valence-corrected chi connectivity index (χ2v) is 7.20. The van der Waals surface area contributed by atoms with Gasteiger partial charge in [-0.05, 0) is 31.5 Å². The number of carbonyl (C=O) groups excluding carboxylic acids is 3. The number of fused-ring (bicyclic) bond motifs is 1. The molecule has 1 N–H and O–H groups in total. The number of aromatic nitrogens is 2. The van der Waals surface area contributed by atoms with Gasteiger partial charge in [0.15, 0.2) is 0 Å². The number of hydrogen-bond donors (Lipinski definition) is 1. The van der Waals surface area contributed by atoms with Gasteiger partial charge in [-0.15, -0.1) is 0 Å². The number of rotatable bonds is 2. The van der Waals surface area contributed by atoms with E-state index in [1.165, 1.54) is 0 Å². The molecule has 3 heterocycles. The van der Waals surface area contributed by atoms with Crippen LogP contribution in [0.1, 0.15) is 29.0 Å². The first-order valence-electron chi connectivity index (χ1n) is 9.24. The van der Waals surface area contributed by atoms with Gasteiger partial charge in [0.25, 0.3) is 5.91 Å². The Morgan fingerprint density at radius 2 is 1.85 bits per heavy atom. The van der Waals surface area contributed by atoms with E-state index in [-0.39, 0.29) is 17.7 Å². The van der Waals surface area contributed by atoms with E-state index >= 15 is 0 Å². The van der Waals surface area contributed by atoms with E-state index in [4.69, 9.17) is 0 Å². The molecule has 3 amide bonds. The third-order valence-electron chi connectivity index (χ3n) is 5.52. The van der Waals surface area contributed by atoms with Gasteiger partial charge in [-0.2, -0.15) is 0 Å². The van der Waals surface area contributed by atoms with Gasteiger partial charge in [0.05, 0.1) is 11.0 Å². The van der Waals surface area contributed by atoms with Crippen molar-refractivity contribution in [2.24, 2.45) is 7.05 Å². The fourth-order valence-electron chi connectivity index (χ4n) is 3.79. The number of aryl methyl sites for hydroxylation is 2. The maximum Gasteiger partial charge on any atom is 0.254 e. The highest BCUT2D eigenvalue weighted by Crippen LogP contribution is 2.19. The lowest BCUT2D eigenvalue weighted by Gasteiger charge is -2.36. The quantitative estimate of drug-likeness (QED) is 0.832. The van der Waals surface area contributed by atoms with Crippen LogP contribution in [-0.4, -0.2) is 69.3 Å². The van der Waals surface area contributed by atoms with Crippen molar-refractivity contribution >= 4 is 28.8 Å². The number of imidazole rings is 1. The van der Waals surface area contributed by atoms with Crippen LogP contribution in [0.25, 0.3) is 11.0 Å². The Labute approximate surface area is 157 Å². The summed E-state index contributed by atoms with van der Waals surface area (Å²) < 4.78 is 2.00. The third kappa shape index (κ3) is 3.15. The minimum atomic E-state index is -0.408. The maximum atomic E-state index is 12.8. The van der Waals surface area contributed by atoms with Crippen molar-refractivity contribution in [3.05, 3.63) is 29.6 Å². The molecule has 0 bridgehead atoms. The van der Waals surface area contributed by atoms with Gasteiger partial charge < -0.3 is 19.7 Å². The highest BCUT2D eigenvalue weighted by atomic mass is 16.2. The van der Waals surface area contributed by atoms with Crippen LogP contribution in [0.2, 0.25) is 0 Å². The van der Waals surface area contributed by atoms with Crippen molar-refractivity contribution in [1.82, 2.24) is 24.7 Å². The van der Waals surface area contributed by atoms with E-state index in [9.17, 15) is 14.4 Å². The molecule has 27 heavy (non-hydrogen) atoms. The number of nitrogens with one attached hydrogen (secondary N) is 1. The highest BCUT2D eigenvalue weighted by molar-refractivity contribution is 5.97. The van der Waals surface area contributed by atoms with Crippen LogP contribution in [-0.2, 0) is 16.6 Å². The summed E-state index contributed by atoms with van der Waals surface area (Å²) in [7, 11) is 1.95. The van der Waals surface area contributed by atoms with Crippen LogP contribution < -0.4 is 5.32 Å². The molecule has 1 unspecified atom stereocenters. The molecule has 0 aliphatic carbocycles. The van der Waals surface area contributed by atoms with Gasteiger partial charge >= 0.3 is 0 Å². The SMILES string of the molecule is Cc1nc2cc(C(=O)N3CCN(C(=O)C4CCC(=O)N4)CC3)ccc2n1C. The lowest BCUT2D eigenvalue weighted by atomic mass is 10.1. The standard InChI is InChI=1S/C19H23N5O3/c1-12-20-15-11-13(3-5-16(15)22(12)2)18(26)23-7-9-24(10-8-23)19(27)14-4-6-17(25)21-14/h3,5,11,14H,4,6-10H2,1-2H3,(H,21,25). The summed E-state index contributed by atoms with van der Waals surface area (Å²) in [6.45, 7) is 3.89. The van der Waals surface area contributed by atoms with Crippen LogP contribution >= 0.6 is 0 Å². The van der Waals surface area contributed by atoms with Crippen molar-refractivity contribution in [2.45, 2.75) is 25.8 Å². The number of amides is 3. The Balaban J connectivity index is 1.41. The first-order valence-corrected chi connectivity index (χ1v) is 9.24. The Morgan fingerprint density at radius 3 is 2.52 bits per heavy atom. The number of benzene rings is 1. The molecule has 8 heteroatoms. The fraction of sp³-hybridized carbons (Fsp3) is 0.474. The van der Waals surface area contributed by atoms with Gasteiger partial charge in [0.1, 0.15) is 11.9 Å². The lowest BCUT2D eigenvalue weighted by Crippen LogP contribution is -2.54. The molecule has 0 radical (unpaired) electrons. The molecule has 2 aromatic rings. The van der Waals surface area contributed by atoms with Crippen molar-refractivity contribution in [3.63, 3.8) is 0 Å². The van der Waals surface area contributed by atoms with Gasteiger partial charge in [0, 0.05) is 45.2 Å². The number of carbonyl (C=O) groups is 3. The molecule has 8 nitrogen and oxygen atoms in total. The van der Waals surface area contributed by atoms with Crippen molar-refractivity contribution in [2.75, 3.05) is 26.2 Å². The molecule has 2 saturated heterocycles. The molecule has 0 spiro atoms. The molecular weight excluding hydrogens is 346 g/mol. The minimum Gasteiger partial charge on any atom is -0.344 e. The van der Waals surface area contributed by atoms with Crippen molar-refractivity contribution in [1.29, 1.82) is 0 Å². The van der Waals surface area contributed by atoms with E-state index in [2.05, 4.69) is 10.3 Å². The van der Waals surface area contributed by atoms with E-state index in [1.54, 1.807) is 9.80 Å². The fourth-order valence-corrected chi connectivity index (χ4v) is 3.79. The Kier molecular flexibility index (Phi) is 4.33. The van der Waals surface area contributed by atoms with Gasteiger partial charge in [-0.25, -0.2) is 4.98 Å². The van der Waals surface area contributed by atoms with Crippen LogP contribution in [0.5, 0.6) is 0 Å². The Hall–Kier alpha value is -2.90. The molecule has 2 aliphatic heterocycles. The second kappa shape index (κ2) is 6.68. The van der Waals surface area contributed by atoms with Gasteiger partial charge in [0.2, 0.25) is 11.8 Å². The maximum absolute atomic E-state index is 12.8. The molecule has 2 fully saturated rings. The van der Waals surface area contributed by atoms with Crippen molar-refractivity contribution < 1.29 is 14.4 Å². The average Bonchev–Trinajstić information content (AvgIpc) is 3.24. The number of hydrogen-bond acceptors (Lipinski definition) is 4. The van der Waals surface area contributed by atoms with E-state index < -0.39 is 6.04 Å². The Bertz CT molecular complexity index is 927. The minimum absolute atomic E-state index is 0.0403. The van der Waals surface area contributed by atoms with E-state index in [0.717, 1.165) is 16.9 Å². The first-order chi connectivity index (χ1) is 12.9. The summed E-state index contributed by atoms with van der Waals surface area (Å²) in [5.41, 5.74) is 2.42. The topological polar surface area (TPSA) is 87.5 Å². The number of piperazine rings is 1. The van der Waals surface area contributed by atoms with Gasteiger partial charge in [-0.1, -0.05) is 0 Å². The monoisotopic (exact) mass is 369 g/mol. The summed E-state index contributed by atoms with van der Waals surface area (Å²) in [5, 5.41) is 2.71. The van der Waals surface area contributed by atoms with Crippen LogP contribution in [0, 0.1) is 6.92 Å². The molecule has 142 valence electrons. The normalized spacial score (nSPS) is 20.2.